The lowest BCUT2D eigenvalue weighted by Gasteiger charge is -2.19. The van der Waals surface area contributed by atoms with Gasteiger partial charge in [-0.2, -0.15) is 0 Å². The Kier molecular flexibility index (Phi) is 6.16. The van der Waals surface area contributed by atoms with Gasteiger partial charge in [-0.05, 0) is 24.3 Å². The molecule has 0 unspecified atom stereocenters. The van der Waals surface area contributed by atoms with Crippen LogP contribution >= 0.6 is 23.2 Å². The molecule has 1 fully saturated rings. The predicted molar refractivity (Wildman–Crippen MR) is 109 cm³/mol. The number of nitrogens with zero attached hydrogens (tertiary/aromatic N) is 2. The van der Waals surface area contributed by atoms with Gasteiger partial charge in [0.25, 0.3) is 0 Å². The standard InChI is InChI=1S/C19H19Cl2N3O4/c1-27-15-7-6-12(10-16(15)28-2)24-9-8-23(19(24)26)11-17(25)22-14-5-3-4-13(20)18(14)21/h3-7,10H,8-9,11H2,1-2H3,(H,22,25). The zero-order valence-electron chi connectivity index (χ0n) is 15.4. The first-order valence-corrected chi connectivity index (χ1v) is 9.22. The Balaban J connectivity index is 1.67. The highest BCUT2D eigenvalue weighted by atomic mass is 35.5. The minimum absolute atomic E-state index is 0.0918. The van der Waals surface area contributed by atoms with E-state index in [-0.39, 0.29) is 23.5 Å². The average molecular weight is 424 g/mol. The summed E-state index contributed by atoms with van der Waals surface area (Å²) in [4.78, 5) is 28.1. The monoisotopic (exact) mass is 423 g/mol. The first-order valence-electron chi connectivity index (χ1n) is 8.47. The maximum absolute atomic E-state index is 12.7. The van der Waals surface area contributed by atoms with Crippen molar-refractivity contribution in [1.82, 2.24) is 4.90 Å². The Morgan fingerprint density at radius 3 is 2.57 bits per heavy atom. The van der Waals surface area contributed by atoms with Crippen LogP contribution in [0, 0.1) is 0 Å². The van der Waals surface area contributed by atoms with E-state index in [1.807, 2.05) is 0 Å². The van der Waals surface area contributed by atoms with E-state index in [0.717, 1.165) is 0 Å². The predicted octanol–water partition coefficient (Wildman–Crippen LogP) is 3.89. The van der Waals surface area contributed by atoms with Crippen LogP contribution in [-0.4, -0.2) is 50.7 Å². The maximum Gasteiger partial charge on any atom is 0.325 e. The highest BCUT2D eigenvalue weighted by Crippen LogP contribution is 2.33. The minimum atomic E-state index is -0.355. The molecular weight excluding hydrogens is 405 g/mol. The van der Waals surface area contributed by atoms with Crippen molar-refractivity contribution >= 4 is 46.5 Å². The molecule has 7 nitrogen and oxygen atoms in total. The van der Waals surface area contributed by atoms with Crippen molar-refractivity contribution in [3.8, 4) is 11.5 Å². The Labute approximate surface area is 172 Å². The number of ether oxygens (including phenoxy) is 2. The van der Waals surface area contributed by atoms with Crippen molar-refractivity contribution in [3.05, 3.63) is 46.4 Å². The van der Waals surface area contributed by atoms with Crippen LogP contribution in [0.2, 0.25) is 10.0 Å². The Morgan fingerprint density at radius 2 is 1.86 bits per heavy atom. The molecule has 0 spiro atoms. The number of methoxy groups -OCH3 is 2. The van der Waals surface area contributed by atoms with E-state index in [1.54, 1.807) is 48.4 Å². The van der Waals surface area contributed by atoms with Gasteiger partial charge in [0.1, 0.15) is 6.54 Å². The van der Waals surface area contributed by atoms with Gasteiger partial charge in [-0.1, -0.05) is 29.3 Å². The fourth-order valence-corrected chi connectivity index (χ4v) is 3.27. The zero-order valence-corrected chi connectivity index (χ0v) is 16.9. The van der Waals surface area contributed by atoms with E-state index in [0.29, 0.717) is 41.0 Å². The van der Waals surface area contributed by atoms with Crippen molar-refractivity contribution in [2.24, 2.45) is 0 Å². The molecule has 0 aliphatic carbocycles. The number of rotatable bonds is 6. The summed E-state index contributed by atoms with van der Waals surface area (Å²) < 4.78 is 10.5. The highest BCUT2D eigenvalue weighted by molar-refractivity contribution is 6.44. The van der Waals surface area contributed by atoms with Crippen molar-refractivity contribution in [2.45, 2.75) is 0 Å². The second kappa shape index (κ2) is 8.58. The number of anilines is 2. The van der Waals surface area contributed by atoms with Crippen LogP contribution in [0.3, 0.4) is 0 Å². The van der Waals surface area contributed by atoms with Crippen molar-refractivity contribution in [2.75, 3.05) is 44.1 Å². The molecule has 0 aromatic heterocycles. The van der Waals surface area contributed by atoms with E-state index in [4.69, 9.17) is 32.7 Å². The largest absolute Gasteiger partial charge is 0.493 e. The summed E-state index contributed by atoms with van der Waals surface area (Å²) in [6, 6.07) is 9.93. The van der Waals surface area contributed by atoms with Crippen LogP contribution in [0.5, 0.6) is 11.5 Å². The number of nitrogens with one attached hydrogen (secondary N) is 1. The molecule has 0 atom stereocenters. The molecule has 1 saturated heterocycles. The van der Waals surface area contributed by atoms with Crippen LogP contribution in [0.25, 0.3) is 0 Å². The van der Waals surface area contributed by atoms with Crippen LogP contribution in [0.1, 0.15) is 0 Å². The SMILES string of the molecule is COc1ccc(N2CCN(CC(=O)Nc3cccc(Cl)c3Cl)C2=O)cc1OC. The summed E-state index contributed by atoms with van der Waals surface area (Å²) in [5.41, 5.74) is 1.08. The zero-order chi connectivity index (χ0) is 20.3. The second-order valence-corrected chi connectivity index (χ2v) is 6.83. The molecule has 148 valence electrons. The highest BCUT2D eigenvalue weighted by Gasteiger charge is 2.31. The van der Waals surface area contributed by atoms with E-state index >= 15 is 0 Å². The minimum Gasteiger partial charge on any atom is -0.493 e. The summed E-state index contributed by atoms with van der Waals surface area (Å²) >= 11 is 12.0. The molecule has 1 aliphatic rings. The number of halogens is 2. The van der Waals surface area contributed by atoms with Gasteiger partial charge in [0.05, 0.1) is 30.0 Å². The molecule has 2 aromatic carbocycles. The smallest absolute Gasteiger partial charge is 0.325 e. The third-order valence-electron chi connectivity index (χ3n) is 4.33. The lowest BCUT2D eigenvalue weighted by molar-refractivity contribution is -0.116. The molecular formula is C19H19Cl2N3O4. The number of carbonyl (C=O) groups excluding carboxylic acids is 2. The number of amides is 3. The summed E-state index contributed by atoms with van der Waals surface area (Å²) in [6.07, 6.45) is 0. The van der Waals surface area contributed by atoms with Gasteiger partial charge in [-0.3, -0.25) is 9.69 Å². The lowest BCUT2D eigenvalue weighted by Crippen LogP contribution is -2.37. The average Bonchev–Trinajstić information content (AvgIpc) is 3.05. The molecule has 3 amide bonds. The third kappa shape index (κ3) is 4.10. The summed E-state index contributed by atoms with van der Waals surface area (Å²) in [5, 5.41) is 3.29. The number of benzene rings is 2. The molecule has 0 radical (unpaired) electrons. The van der Waals surface area contributed by atoms with Crippen LogP contribution in [0.4, 0.5) is 16.2 Å². The van der Waals surface area contributed by atoms with Crippen LogP contribution in [-0.2, 0) is 4.79 Å². The molecule has 1 aliphatic heterocycles. The molecule has 9 heteroatoms. The van der Waals surface area contributed by atoms with E-state index in [2.05, 4.69) is 5.32 Å². The molecule has 28 heavy (non-hydrogen) atoms. The van der Waals surface area contributed by atoms with E-state index < -0.39 is 0 Å². The molecule has 2 aromatic rings. The number of hydrogen-bond acceptors (Lipinski definition) is 4. The topological polar surface area (TPSA) is 71.1 Å². The lowest BCUT2D eigenvalue weighted by atomic mass is 10.2. The Bertz CT molecular complexity index is 907. The van der Waals surface area contributed by atoms with E-state index in [1.165, 1.54) is 12.0 Å². The van der Waals surface area contributed by atoms with Gasteiger partial charge in [0.15, 0.2) is 11.5 Å². The fourth-order valence-electron chi connectivity index (χ4n) is 2.93. The first-order chi connectivity index (χ1) is 13.4. The van der Waals surface area contributed by atoms with Gasteiger partial charge in [0.2, 0.25) is 5.91 Å². The Morgan fingerprint density at radius 1 is 1.11 bits per heavy atom. The molecule has 1 N–H and O–H groups in total. The molecule has 0 bridgehead atoms. The number of urea groups is 1. The quantitative estimate of drug-likeness (QED) is 0.764. The van der Waals surface area contributed by atoms with E-state index in [9.17, 15) is 9.59 Å². The summed E-state index contributed by atoms with van der Waals surface area (Å²) in [6.45, 7) is 0.787. The van der Waals surface area contributed by atoms with Crippen molar-refractivity contribution < 1.29 is 19.1 Å². The van der Waals surface area contributed by atoms with Gasteiger partial charge in [0, 0.05) is 24.8 Å². The maximum atomic E-state index is 12.7. The third-order valence-corrected chi connectivity index (χ3v) is 5.15. The number of carbonyl (C=O) groups is 2. The molecule has 1 heterocycles. The fraction of sp³-hybridized carbons (Fsp3) is 0.263. The van der Waals surface area contributed by atoms with Crippen molar-refractivity contribution in [1.29, 1.82) is 0 Å². The molecule has 0 saturated carbocycles. The van der Waals surface area contributed by atoms with Gasteiger partial charge in [-0.25, -0.2) is 4.79 Å². The van der Waals surface area contributed by atoms with Crippen LogP contribution in [0.15, 0.2) is 36.4 Å². The first kappa shape index (κ1) is 20.1. The summed E-state index contributed by atoms with van der Waals surface area (Å²) in [5.74, 6) is 0.749. The normalized spacial score (nSPS) is 13.6. The Hall–Kier alpha value is -2.64. The van der Waals surface area contributed by atoms with Gasteiger partial charge < -0.3 is 19.7 Å². The van der Waals surface area contributed by atoms with Crippen LogP contribution < -0.4 is 19.7 Å². The summed E-state index contributed by atoms with van der Waals surface area (Å²) in [7, 11) is 3.08. The van der Waals surface area contributed by atoms with Crippen molar-refractivity contribution in [3.63, 3.8) is 0 Å². The molecule has 3 rings (SSSR count). The number of hydrogen-bond donors (Lipinski definition) is 1. The van der Waals surface area contributed by atoms with Gasteiger partial charge in [-0.15, -0.1) is 0 Å². The van der Waals surface area contributed by atoms with Gasteiger partial charge >= 0.3 is 6.03 Å². The second-order valence-electron chi connectivity index (χ2n) is 6.04.